The quantitative estimate of drug-likeness (QED) is 0.812. The Labute approximate surface area is 170 Å². The van der Waals surface area contributed by atoms with Crippen molar-refractivity contribution in [1.29, 1.82) is 0 Å². The van der Waals surface area contributed by atoms with Gasteiger partial charge in [0.15, 0.2) is 5.76 Å². The molecule has 0 radical (unpaired) electrons. The zero-order chi connectivity index (χ0) is 20.5. The molecule has 2 heterocycles. The number of amides is 2. The number of rotatable bonds is 4. The van der Waals surface area contributed by atoms with Gasteiger partial charge in [0.05, 0.1) is 11.3 Å². The molecular formula is C23H25N3O3. The molecule has 0 spiro atoms. The van der Waals surface area contributed by atoms with E-state index >= 15 is 0 Å². The monoisotopic (exact) mass is 391 g/mol. The highest BCUT2D eigenvalue weighted by molar-refractivity contribution is 6.44. The minimum Gasteiger partial charge on any atom is -0.502 e. The minimum atomic E-state index is -0.683. The van der Waals surface area contributed by atoms with Crippen LogP contribution in [0.2, 0.25) is 0 Å². The summed E-state index contributed by atoms with van der Waals surface area (Å²) in [5.41, 5.74) is 3.24. The van der Waals surface area contributed by atoms with E-state index in [1.54, 1.807) is 24.3 Å². The van der Waals surface area contributed by atoms with Crippen LogP contribution in [0.3, 0.4) is 0 Å². The Bertz CT molecular complexity index is 956. The molecular weight excluding hydrogens is 366 g/mol. The molecule has 1 fully saturated rings. The van der Waals surface area contributed by atoms with E-state index in [1.165, 1.54) is 0 Å². The molecule has 6 heteroatoms. The molecule has 1 saturated heterocycles. The highest BCUT2D eigenvalue weighted by Crippen LogP contribution is 2.32. The molecule has 4 rings (SSSR count). The molecule has 2 aliphatic heterocycles. The van der Waals surface area contributed by atoms with Crippen LogP contribution in [0.25, 0.3) is 5.57 Å². The Morgan fingerprint density at radius 1 is 0.862 bits per heavy atom. The van der Waals surface area contributed by atoms with Crippen molar-refractivity contribution in [3.63, 3.8) is 0 Å². The van der Waals surface area contributed by atoms with Crippen LogP contribution >= 0.6 is 0 Å². The van der Waals surface area contributed by atoms with Gasteiger partial charge in [-0.3, -0.25) is 14.5 Å². The predicted octanol–water partition coefficient (Wildman–Crippen LogP) is 2.58. The van der Waals surface area contributed by atoms with Crippen molar-refractivity contribution in [2.45, 2.75) is 13.5 Å². The van der Waals surface area contributed by atoms with Gasteiger partial charge in [0.25, 0.3) is 5.91 Å². The highest BCUT2D eigenvalue weighted by Gasteiger charge is 2.40. The maximum absolute atomic E-state index is 12.9. The third kappa shape index (κ3) is 3.81. The summed E-state index contributed by atoms with van der Waals surface area (Å²) < 4.78 is 0. The summed E-state index contributed by atoms with van der Waals surface area (Å²) in [6.45, 7) is 6.95. The fourth-order valence-corrected chi connectivity index (χ4v) is 3.75. The van der Waals surface area contributed by atoms with Crippen LogP contribution in [0.5, 0.6) is 0 Å². The Kier molecular flexibility index (Phi) is 5.22. The number of imide groups is 1. The van der Waals surface area contributed by atoms with Crippen LogP contribution in [-0.4, -0.2) is 59.9 Å². The maximum atomic E-state index is 12.9. The lowest BCUT2D eigenvalue weighted by atomic mass is 10.0. The summed E-state index contributed by atoms with van der Waals surface area (Å²) in [6, 6.07) is 14.6. The topological polar surface area (TPSA) is 64.1 Å². The normalized spacial score (nSPS) is 18.8. The zero-order valence-corrected chi connectivity index (χ0v) is 16.8. The molecule has 0 atom stereocenters. The lowest BCUT2D eigenvalue weighted by Crippen LogP contribution is -2.43. The number of nitrogens with zero attached hydrogens (tertiary/aromatic N) is 3. The van der Waals surface area contributed by atoms with Gasteiger partial charge in [-0.1, -0.05) is 42.0 Å². The number of carbonyl (C=O) groups is 2. The fourth-order valence-electron chi connectivity index (χ4n) is 3.75. The van der Waals surface area contributed by atoms with Crippen molar-refractivity contribution in [2.75, 3.05) is 38.1 Å². The molecule has 1 N–H and O–H groups in total. The highest BCUT2D eigenvalue weighted by atomic mass is 16.3. The number of carbonyl (C=O) groups excluding carboxylic acids is 2. The summed E-state index contributed by atoms with van der Waals surface area (Å²) in [4.78, 5) is 31.3. The number of hydrogen-bond acceptors (Lipinski definition) is 5. The lowest BCUT2D eigenvalue weighted by molar-refractivity contribution is -0.121. The van der Waals surface area contributed by atoms with E-state index in [4.69, 9.17) is 0 Å². The van der Waals surface area contributed by atoms with Crippen molar-refractivity contribution >= 4 is 23.1 Å². The molecule has 2 aliphatic rings. The summed E-state index contributed by atoms with van der Waals surface area (Å²) >= 11 is 0. The Balaban J connectivity index is 1.51. The van der Waals surface area contributed by atoms with Crippen LogP contribution in [-0.2, 0) is 16.1 Å². The van der Waals surface area contributed by atoms with E-state index in [0.29, 0.717) is 11.3 Å². The van der Waals surface area contributed by atoms with Gasteiger partial charge < -0.3 is 10.0 Å². The molecule has 0 aliphatic carbocycles. The largest absolute Gasteiger partial charge is 0.502 e. The third-order valence-corrected chi connectivity index (χ3v) is 5.60. The van der Waals surface area contributed by atoms with Gasteiger partial charge in [-0.25, -0.2) is 4.90 Å². The first-order chi connectivity index (χ1) is 13.9. The van der Waals surface area contributed by atoms with E-state index in [1.807, 2.05) is 31.2 Å². The van der Waals surface area contributed by atoms with Gasteiger partial charge in [-0.15, -0.1) is 0 Å². The van der Waals surface area contributed by atoms with Crippen molar-refractivity contribution in [3.8, 4) is 0 Å². The Morgan fingerprint density at radius 3 is 2.10 bits per heavy atom. The molecule has 0 aromatic heterocycles. The van der Waals surface area contributed by atoms with Gasteiger partial charge in [-0.05, 0) is 37.2 Å². The number of aliphatic hydroxyl groups excluding tert-OH is 1. The van der Waals surface area contributed by atoms with Gasteiger partial charge in [0, 0.05) is 32.7 Å². The first-order valence-corrected chi connectivity index (χ1v) is 9.83. The Morgan fingerprint density at radius 2 is 1.48 bits per heavy atom. The summed E-state index contributed by atoms with van der Waals surface area (Å²) in [6.07, 6.45) is 0. The van der Waals surface area contributed by atoms with E-state index in [-0.39, 0.29) is 5.57 Å². The second-order valence-electron chi connectivity index (χ2n) is 7.78. The number of likely N-dealkylation sites (N-methyl/N-ethyl adjacent to an activating group) is 1. The minimum absolute atomic E-state index is 0.0523. The maximum Gasteiger partial charge on any atom is 0.301 e. The average molecular weight is 391 g/mol. The van der Waals surface area contributed by atoms with E-state index < -0.39 is 17.6 Å². The molecule has 29 heavy (non-hydrogen) atoms. The summed E-state index contributed by atoms with van der Waals surface area (Å²) in [5, 5.41) is 10.3. The molecule has 2 aromatic rings. The van der Waals surface area contributed by atoms with Crippen LogP contribution in [0.15, 0.2) is 54.3 Å². The smallest absolute Gasteiger partial charge is 0.301 e. The van der Waals surface area contributed by atoms with Crippen molar-refractivity contribution < 1.29 is 14.7 Å². The van der Waals surface area contributed by atoms with Crippen LogP contribution in [0.1, 0.15) is 16.7 Å². The molecule has 0 unspecified atom stereocenters. The number of benzene rings is 2. The molecule has 6 nitrogen and oxygen atoms in total. The van der Waals surface area contributed by atoms with Gasteiger partial charge in [-0.2, -0.15) is 0 Å². The first kappa shape index (κ1) is 19.4. The number of hydrogen-bond donors (Lipinski definition) is 1. The van der Waals surface area contributed by atoms with Crippen molar-refractivity contribution in [2.24, 2.45) is 0 Å². The molecule has 2 aromatic carbocycles. The molecule has 0 bridgehead atoms. The second-order valence-corrected chi connectivity index (χ2v) is 7.78. The van der Waals surface area contributed by atoms with Crippen LogP contribution in [0, 0.1) is 6.92 Å². The summed E-state index contributed by atoms with van der Waals surface area (Å²) in [5.74, 6) is -1.68. The van der Waals surface area contributed by atoms with Gasteiger partial charge in [0.1, 0.15) is 0 Å². The number of aliphatic hydroxyl groups is 1. The Hall–Kier alpha value is -2.96. The lowest BCUT2D eigenvalue weighted by Gasteiger charge is -2.32. The standard InChI is InChI=1S/C23H25N3O3/c1-16-3-7-18(8-4-16)20-21(27)23(29)26(22(20)28)19-9-5-17(6-10-19)15-25-13-11-24(2)12-14-25/h3-10,27H,11-15H2,1-2H3. The van der Waals surface area contributed by atoms with Crippen molar-refractivity contribution in [1.82, 2.24) is 9.80 Å². The van der Waals surface area contributed by atoms with Crippen LogP contribution < -0.4 is 4.90 Å². The second kappa shape index (κ2) is 7.81. The number of anilines is 1. The SMILES string of the molecule is Cc1ccc(C2=C(O)C(=O)N(c3ccc(CN4CCN(C)CC4)cc3)C2=O)cc1. The van der Waals surface area contributed by atoms with Crippen molar-refractivity contribution in [3.05, 3.63) is 71.0 Å². The van der Waals surface area contributed by atoms with Crippen LogP contribution in [0.4, 0.5) is 5.69 Å². The van der Waals surface area contributed by atoms with Gasteiger partial charge >= 0.3 is 5.91 Å². The third-order valence-electron chi connectivity index (χ3n) is 5.60. The van der Waals surface area contributed by atoms with E-state index in [9.17, 15) is 14.7 Å². The average Bonchev–Trinajstić information content (AvgIpc) is 2.94. The first-order valence-electron chi connectivity index (χ1n) is 9.83. The number of aryl methyl sites for hydroxylation is 1. The zero-order valence-electron chi connectivity index (χ0n) is 16.8. The number of piperazine rings is 1. The fraction of sp³-hybridized carbons (Fsp3) is 0.304. The molecule has 0 saturated carbocycles. The molecule has 2 amide bonds. The van der Waals surface area contributed by atoms with E-state index in [2.05, 4.69) is 16.8 Å². The van der Waals surface area contributed by atoms with Gasteiger partial charge in [0.2, 0.25) is 0 Å². The predicted molar refractivity (Wildman–Crippen MR) is 112 cm³/mol. The van der Waals surface area contributed by atoms with E-state index in [0.717, 1.165) is 48.8 Å². The molecule has 150 valence electrons. The summed E-state index contributed by atoms with van der Waals surface area (Å²) in [7, 11) is 2.13.